The van der Waals surface area contributed by atoms with Crippen molar-refractivity contribution in [2.24, 2.45) is 0 Å². The Morgan fingerprint density at radius 1 is 1.34 bits per heavy atom. The van der Waals surface area contributed by atoms with Gasteiger partial charge in [0.05, 0.1) is 16.4 Å². The summed E-state index contributed by atoms with van der Waals surface area (Å²) in [4.78, 5) is 22.4. The van der Waals surface area contributed by atoms with Crippen molar-refractivity contribution in [3.05, 3.63) is 52.2 Å². The van der Waals surface area contributed by atoms with Crippen molar-refractivity contribution in [2.75, 3.05) is 18.5 Å². The van der Waals surface area contributed by atoms with E-state index < -0.39 is 11.6 Å². The molecule has 2 N–H and O–H groups in total. The monoisotopic (exact) mass is 418 g/mol. The van der Waals surface area contributed by atoms with Gasteiger partial charge in [-0.1, -0.05) is 12.1 Å². The summed E-state index contributed by atoms with van der Waals surface area (Å²) in [6.07, 6.45) is 3.68. The molecule has 1 atom stereocenters. The molecule has 152 valence electrons. The highest BCUT2D eigenvalue weighted by Gasteiger charge is 2.21. The first-order chi connectivity index (χ1) is 14.0. The maximum absolute atomic E-state index is 13.8. The highest BCUT2D eigenvalue weighted by atomic mass is 32.1. The topological polar surface area (TPSA) is 76.1 Å². The molecule has 3 aromatic rings. The summed E-state index contributed by atoms with van der Waals surface area (Å²) in [6.45, 7) is 3.14. The Morgan fingerprint density at radius 2 is 2.21 bits per heavy atom. The van der Waals surface area contributed by atoms with E-state index in [1.54, 1.807) is 0 Å². The Balaban J connectivity index is 1.52. The van der Waals surface area contributed by atoms with Crippen molar-refractivity contribution in [2.45, 2.75) is 32.4 Å². The third-order valence-corrected chi connectivity index (χ3v) is 6.12. The van der Waals surface area contributed by atoms with E-state index in [1.165, 1.54) is 29.8 Å². The number of ether oxygens (including phenoxy) is 1. The summed E-state index contributed by atoms with van der Waals surface area (Å²) in [5.41, 5.74) is 0.841. The van der Waals surface area contributed by atoms with E-state index in [2.05, 4.69) is 20.6 Å². The number of benzene rings is 1. The molecule has 0 unspecified atom stereocenters. The van der Waals surface area contributed by atoms with Crippen LogP contribution in [0.2, 0.25) is 0 Å². The number of fused-ring (bicyclic) bond motifs is 1. The second kappa shape index (κ2) is 8.38. The third-order valence-electron chi connectivity index (χ3n) is 4.93. The van der Waals surface area contributed by atoms with E-state index in [0.717, 1.165) is 36.5 Å². The summed E-state index contributed by atoms with van der Waals surface area (Å²) in [5.74, 6) is -1.59. The number of carbonyl (C=O) groups is 1. The summed E-state index contributed by atoms with van der Waals surface area (Å²) in [6, 6.07) is 3.89. The Morgan fingerprint density at radius 3 is 3.00 bits per heavy atom. The lowest BCUT2D eigenvalue weighted by Gasteiger charge is -2.12. The standard InChI is InChI=1S/C20H20F2N4O2S/c1-11-15-18(23-9-13-5-3-7-28-13)25-10-26-20(15)29-17(11)19(27)24-8-12-4-2-6-14(21)16(12)22/h2,4,6,10,13H,3,5,7-9H2,1H3,(H,24,27)(H,23,25,26)/t13-/m0/s1. The molecule has 0 saturated carbocycles. The predicted octanol–water partition coefficient (Wildman–Crippen LogP) is 3.80. The summed E-state index contributed by atoms with van der Waals surface area (Å²) < 4.78 is 32.8. The van der Waals surface area contributed by atoms with Crippen molar-refractivity contribution in [3.8, 4) is 0 Å². The zero-order valence-corrected chi connectivity index (χ0v) is 16.6. The molecular formula is C20H20F2N4O2S. The number of hydrogen-bond donors (Lipinski definition) is 2. The average Bonchev–Trinajstić information content (AvgIpc) is 3.35. The van der Waals surface area contributed by atoms with E-state index in [0.29, 0.717) is 22.1 Å². The molecule has 1 aliphatic heterocycles. The summed E-state index contributed by atoms with van der Waals surface area (Å²) in [7, 11) is 0. The highest BCUT2D eigenvalue weighted by molar-refractivity contribution is 7.20. The second-order valence-electron chi connectivity index (χ2n) is 6.87. The van der Waals surface area contributed by atoms with Crippen LogP contribution >= 0.6 is 11.3 Å². The second-order valence-corrected chi connectivity index (χ2v) is 7.87. The van der Waals surface area contributed by atoms with Gasteiger partial charge >= 0.3 is 0 Å². The van der Waals surface area contributed by atoms with E-state index in [9.17, 15) is 13.6 Å². The van der Waals surface area contributed by atoms with Gasteiger partial charge in [0.25, 0.3) is 5.91 Å². The van der Waals surface area contributed by atoms with Crippen LogP contribution in [0.5, 0.6) is 0 Å². The van der Waals surface area contributed by atoms with Gasteiger partial charge in [-0.25, -0.2) is 18.7 Å². The van der Waals surface area contributed by atoms with Crippen LogP contribution in [0, 0.1) is 18.6 Å². The summed E-state index contributed by atoms with van der Waals surface area (Å²) in [5, 5.41) is 6.75. The molecule has 0 aliphatic carbocycles. The van der Waals surface area contributed by atoms with Crippen LogP contribution in [-0.2, 0) is 11.3 Å². The van der Waals surface area contributed by atoms with Crippen molar-refractivity contribution in [1.29, 1.82) is 0 Å². The molecule has 2 aromatic heterocycles. The van der Waals surface area contributed by atoms with Crippen LogP contribution in [-0.4, -0.2) is 35.1 Å². The van der Waals surface area contributed by atoms with Gasteiger partial charge in [0.1, 0.15) is 17.0 Å². The average molecular weight is 418 g/mol. The Labute approximate surface area is 170 Å². The minimum Gasteiger partial charge on any atom is -0.376 e. The fourth-order valence-electron chi connectivity index (χ4n) is 3.38. The number of aromatic nitrogens is 2. The number of anilines is 1. The molecule has 29 heavy (non-hydrogen) atoms. The molecule has 1 saturated heterocycles. The van der Waals surface area contributed by atoms with Gasteiger partial charge < -0.3 is 15.4 Å². The number of nitrogens with zero attached hydrogens (tertiary/aromatic N) is 2. The number of carbonyl (C=O) groups excluding carboxylic acids is 1. The Bertz CT molecular complexity index is 1050. The number of hydrogen-bond acceptors (Lipinski definition) is 6. The van der Waals surface area contributed by atoms with E-state index >= 15 is 0 Å². The molecule has 1 fully saturated rings. The minimum absolute atomic E-state index is 0.0934. The molecule has 0 bridgehead atoms. The molecule has 1 aromatic carbocycles. The van der Waals surface area contributed by atoms with Gasteiger partial charge in [-0.05, 0) is 31.4 Å². The van der Waals surface area contributed by atoms with Crippen LogP contribution in [0.25, 0.3) is 10.2 Å². The predicted molar refractivity (Wildman–Crippen MR) is 107 cm³/mol. The van der Waals surface area contributed by atoms with Crippen LogP contribution in [0.3, 0.4) is 0 Å². The van der Waals surface area contributed by atoms with Gasteiger partial charge in [0.15, 0.2) is 11.6 Å². The van der Waals surface area contributed by atoms with Crippen molar-refractivity contribution in [1.82, 2.24) is 15.3 Å². The zero-order chi connectivity index (χ0) is 20.4. The van der Waals surface area contributed by atoms with Crippen LogP contribution in [0.1, 0.15) is 33.6 Å². The fourth-order valence-corrected chi connectivity index (χ4v) is 4.44. The first-order valence-corrected chi connectivity index (χ1v) is 10.2. The van der Waals surface area contributed by atoms with Gasteiger partial charge in [-0.2, -0.15) is 0 Å². The largest absolute Gasteiger partial charge is 0.376 e. The van der Waals surface area contributed by atoms with E-state index in [-0.39, 0.29) is 24.1 Å². The fraction of sp³-hybridized carbons (Fsp3) is 0.350. The number of amides is 1. The first kappa shape index (κ1) is 19.7. The van der Waals surface area contributed by atoms with Gasteiger partial charge in [0, 0.05) is 25.3 Å². The molecule has 0 spiro atoms. The van der Waals surface area contributed by atoms with Gasteiger partial charge in [-0.15, -0.1) is 11.3 Å². The smallest absolute Gasteiger partial charge is 0.261 e. The van der Waals surface area contributed by atoms with Crippen molar-refractivity contribution >= 4 is 33.3 Å². The number of thiophene rings is 1. The Hall–Kier alpha value is -2.65. The number of nitrogens with one attached hydrogen (secondary N) is 2. The zero-order valence-electron chi connectivity index (χ0n) is 15.8. The number of aryl methyl sites for hydroxylation is 1. The van der Waals surface area contributed by atoms with Crippen LogP contribution < -0.4 is 10.6 Å². The molecular weight excluding hydrogens is 398 g/mol. The molecule has 6 nitrogen and oxygen atoms in total. The molecule has 1 aliphatic rings. The Kier molecular flexibility index (Phi) is 5.68. The van der Waals surface area contributed by atoms with E-state index in [1.807, 2.05) is 6.92 Å². The highest BCUT2D eigenvalue weighted by Crippen LogP contribution is 2.33. The summed E-state index contributed by atoms with van der Waals surface area (Å²) >= 11 is 1.24. The molecule has 0 radical (unpaired) electrons. The first-order valence-electron chi connectivity index (χ1n) is 9.35. The molecule has 3 heterocycles. The third kappa shape index (κ3) is 4.06. The van der Waals surface area contributed by atoms with E-state index in [4.69, 9.17) is 4.74 Å². The lowest BCUT2D eigenvalue weighted by atomic mass is 10.1. The maximum Gasteiger partial charge on any atom is 0.261 e. The van der Waals surface area contributed by atoms with Crippen LogP contribution in [0.15, 0.2) is 24.5 Å². The molecule has 4 rings (SSSR count). The quantitative estimate of drug-likeness (QED) is 0.637. The van der Waals surface area contributed by atoms with Gasteiger partial charge in [-0.3, -0.25) is 4.79 Å². The SMILES string of the molecule is Cc1c(C(=O)NCc2cccc(F)c2F)sc2ncnc(NC[C@@H]3CCCO3)c12. The minimum atomic E-state index is -0.952. The van der Waals surface area contributed by atoms with Gasteiger partial charge in [0.2, 0.25) is 0 Å². The lowest BCUT2D eigenvalue weighted by Crippen LogP contribution is -2.23. The molecule has 9 heteroatoms. The van der Waals surface area contributed by atoms with Crippen molar-refractivity contribution in [3.63, 3.8) is 0 Å². The number of rotatable bonds is 6. The van der Waals surface area contributed by atoms with Crippen molar-refractivity contribution < 1.29 is 18.3 Å². The number of halogens is 2. The maximum atomic E-state index is 13.8. The lowest BCUT2D eigenvalue weighted by molar-refractivity contribution is 0.0954. The normalized spacial score (nSPS) is 16.3. The molecule has 1 amide bonds. The van der Waals surface area contributed by atoms with Crippen LogP contribution in [0.4, 0.5) is 14.6 Å².